The Kier molecular flexibility index (Phi) is 3.05. The van der Waals surface area contributed by atoms with E-state index in [-0.39, 0.29) is 24.1 Å². The van der Waals surface area contributed by atoms with Crippen molar-refractivity contribution < 1.29 is 14.4 Å². The Morgan fingerprint density at radius 1 is 1.33 bits per heavy atom. The Labute approximate surface area is 126 Å². The minimum atomic E-state index is -0.953. The summed E-state index contributed by atoms with van der Waals surface area (Å²) in [5.41, 5.74) is 0.696. The number of amides is 3. The number of nitrogens with one attached hydrogen (secondary N) is 1. The van der Waals surface area contributed by atoms with Crippen LogP contribution in [0.15, 0.2) is 5.38 Å². The number of imide groups is 1. The fourth-order valence-electron chi connectivity index (χ4n) is 2.91. The second-order valence-corrected chi connectivity index (χ2v) is 6.73. The summed E-state index contributed by atoms with van der Waals surface area (Å²) < 4.78 is 0. The summed E-state index contributed by atoms with van der Waals surface area (Å²) >= 11 is 1.54. The lowest BCUT2D eigenvalue weighted by atomic mass is 9.89. The third-order valence-corrected chi connectivity index (χ3v) is 5.43. The van der Waals surface area contributed by atoms with Crippen LogP contribution in [-0.2, 0) is 16.1 Å². The first kappa shape index (κ1) is 14.1. The van der Waals surface area contributed by atoms with Gasteiger partial charge in [0, 0.05) is 31.5 Å². The molecule has 2 aliphatic heterocycles. The number of hydrogen-bond acceptors (Lipinski definition) is 5. The van der Waals surface area contributed by atoms with Crippen molar-refractivity contribution in [1.29, 1.82) is 0 Å². The number of piperidine rings is 1. The predicted octanol–water partition coefficient (Wildman–Crippen LogP) is 0.965. The zero-order valence-corrected chi connectivity index (χ0v) is 13.0. The van der Waals surface area contributed by atoms with Gasteiger partial charge in [0.15, 0.2) is 0 Å². The molecule has 6 nitrogen and oxygen atoms in total. The van der Waals surface area contributed by atoms with Gasteiger partial charge in [0.1, 0.15) is 5.54 Å². The molecule has 0 unspecified atom stereocenters. The molecule has 1 atom stereocenters. The summed E-state index contributed by atoms with van der Waals surface area (Å²) in [5.74, 6) is -0.777. The van der Waals surface area contributed by atoms with Crippen LogP contribution < -0.4 is 10.2 Å². The number of carbonyl (C=O) groups excluding carboxylic acids is 3. The van der Waals surface area contributed by atoms with Gasteiger partial charge in [-0.05, 0) is 13.3 Å². The first-order chi connectivity index (χ1) is 9.84. The molecule has 3 rings (SSSR count). The van der Waals surface area contributed by atoms with Gasteiger partial charge in [-0.2, -0.15) is 0 Å². The van der Waals surface area contributed by atoms with E-state index in [0.29, 0.717) is 18.5 Å². The Morgan fingerprint density at radius 3 is 2.67 bits per heavy atom. The topological polar surface area (TPSA) is 69.7 Å². The molecule has 0 bridgehead atoms. The quantitative estimate of drug-likeness (QED) is 0.827. The van der Waals surface area contributed by atoms with E-state index in [1.54, 1.807) is 11.8 Å². The summed E-state index contributed by atoms with van der Waals surface area (Å²) in [6.07, 6.45) is 0.633. The van der Waals surface area contributed by atoms with Gasteiger partial charge >= 0.3 is 0 Å². The smallest absolute Gasteiger partial charge is 0.256 e. The van der Waals surface area contributed by atoms with Gasteiger partial charge in [-0.25, -0.2) is 0 Å². The first-order valence-corrected chi connectivity index (χ1v) is 7.66. The average Bonchev–Trinajstić information content (AvgIpc) is 2.96. The van der Waals surface area contributed by atoms with Crippen molar-refractivity contribution in [2.24, 2.45) is 0 Å². The molecule has 3 amide bonds. The van der Waals surface area contributed by atoms with Crippen molar-refractivity contribution >= 4 is 34.1 Å². The Hall–Kier alpha value is -1.89. The third-order valence-electron chi connectivity index (χ3n) is 4.25. The maximum Gasteiger partial charge on any atom is 0.256 e. The zero-order valence-electron chi connectivity index (χ0n) is 12.2. The van der Waals surface area contributed by atoms with Crippen LogP contribution in [0, 0.1) is 0 Å². The fourth-order valence-corrected chi connectivity index (χ4v) is 3.91. The second-order valence-electron chi connectivity index (χ2n) is 5.87. The molecule has 112 valence electrons. The van der Waals surface area contributed by atoms with Crippen molar-refractivity contribution in [3.8, 4) is 0 Å². The monoisotopic (exact) mass is 307 g/mol. The van der Waals surface area contributed by atoms with Gasteiger partial charge in [-0.15, -0.1) is 11.3 Å². The molecule has 0 aliphatic carbocycles. The average molecular weight is 307 g/mol. The van der Waals surface area contributed by atoms with Crippen LogP contribution in [0.3, 0.4) is 0 Å². The van der Waals surface area contributed by atoms with E-state index < -0.39 is 5.54 Å². The molecule has 0 spiro atoms. The predicted molar refractivity (Wildman–Crippen MR) is 79.3 cm³/mol. The summed E-state index contributed by atoms with van der Waals surface area (Å²) in [5, 5.41) is 5.23. The van der Waals surface area contributed by atoms with Crippen molar-refractivity contribution in [1.82, 2.24) is 10.2 Å². The number of carbonyl (C=O) groups is 3. The minimum Gasteiger partial charge on any atom is -0.369 e. The third kappa shape index (κ3) is 1.95. The van der Waals surface area contributed by atoms with Gasteiger partial charge in [-0.3, -0.25) is 19.7 Å². The molecule has 0 aromatic carbocycles. The summed E-state index contributed by atoms with van der Waals surface area (Å²) in [7, 11) is 3.87. The number of nitrogens with zero attached hydrogens (tertiary/aromatic N) is 2. The normalized spacial score (nSPS) is 25.1. The molecule has 3 heterocycles. The van der Waals surface area contributed by atoms with E-state index in [0.717, 1.165) is 10.6 Å². The van der Waals surface area contributed by atoms with Crippen molar-refractivity contribution in [3.63, 3.8) is 0 Å². The van der Waals surface area contributed by atoms with E-state index in [9.17, 15) is 14.4 Å². The molecule has 21 heavy (non-hydrogen) atoms. The van der Waals surface area contributed by atoms with E-state index in [2.05, 4.69) is 5.32 Å². The maximum absolute atomic E-state index is 12.6. The van der Waals surface area contributed by atoms with E-state index >= 15 is 0 Å². The van der Waals surface area contributed by atoms with Crippen LogP contribution in [-0.4, -0.2) is 42.3 Å². The SMILES string of the molecule is CN(C)c1scc2c1CN([C@@]1(C)CCC(=O)NC1=O)C2=O. The molecule has 1 aromatic rings. The lowest BCUT2D eigenvalue weighted by Crippen LogP contribution is -2.61. The maximum atomic E-state index is 12.6. The summed E-state index contributed by atoms with van der Waals surface area (Å²) in [6, 6.07) is 0. The lowest BCUT2D eigenvalue weighted by molar-refractivity contribution is -0.142. The highest BCUT2D eigenvalue weighted by Gasteiger charge is 2.49. The van der Waals surface area contributed by atoms with Crippen LogP contribution in [0.25, 0.3) is 0 Å². The number of anilines is 1. The summed E-state index contributed by atoms with van der Waals surface area (Å²) in [6.45, 7) is 2.15. The zero-order chi connectivity index (χ0) is 15.4. The van der Waals surface area contributed by atoms with Crippen molar-refractivity contribution in [3.05, 3.63) is 16.5 Å². The second kappa shape index (κ2) is 4.56. The molecule has 1 saturated heterocycles. The highest BCUT2D eigenvalue weighted by atomic mass is 32.1. The number of hydrogen-bond donors (Lipinski definition) is 1. The number of rotatable bonds is 2. The molecule has 0 radical (unpaired) electrons. The van der Waals surface area contributed by atoms with Crippen molar-refractivity contribution in [2.45, 2.75) is 31.8 Å². The summed E-state index contributed by atoms with van der Waals surface area (Å²) in [4.78, 5) is 39.7. The van der Waals surface area contributed by atoms with E-state index in [4.69, 9.17) is 0 Å². The largest absolute Gasteiger partial charge is 0.369 e. The molecule has 0 saturated carbocycles. The van der Waals surface area contributed by atoms with Crippen LogP contribution in [0.1, 0.15) is 35.7 Å². The Bertz CT molecular complexity index is 652. The highest BCUT2D eigenvalue weighted by Crippen LogP contribution is 2.41. The molecule has 2 aliphatic rings. The van der Waals surface area contributed by atoms with Crippen LogP contribution >= 0.6 is 11.3 Å². The molecule has 1 fully saturated rings. The van der Waals surface area contributed by atoms with Gasteiger partial charge in [-0.1, -0.05) is 0 Å². The van der Waals surface area contributed by atoms with E-state index in [1.807, 2.05) is 24.4 Å². The molecular weight excluding hydrogens is 290 g/mol. The van der Waals surface area contributed by atoms with Gasteiger partial charge in [0.05, 0.1) is 17.1 Å². The lowest BCUT2D eigenvalue weighted by Gasteiger charge is -2.39. The Balaban J connectivity index is 1.94. The van der Waals surface area contributed by atoms with Crippen molar-refractivity contribution in [2.75, 3.05) is 19.0 Å². The highest BCUT2D eigenvalue weighted by molar-refractivity contribution is 7.14. The number of fused-ring (bicyclic) bond motifs is 1. The van der Waals surface area contributed by atoms with Crippen LogP contribution in [0.2, 0.25) is 0 Å². The first-order valence-electron chi connectivity index (χ1n) is 6.78. The van der Waals surface area contributed by atoms with Gasteiger partial charge in [0.25, 0.3) is 11.8 Å². The molecule has 7 heteroatoms. The molecular formula is C14H17N3O3S. The molecule has 1 N–H and O–H groups in total. The van der Waals surface area contributed by atoms with Gasteiger partial charge in [0.2, 0.25) is 5.91 Å². The Morgan fingerprint density at radius 2 is 2.05 bits per heavy atom. The minimum absolute atomic E-state index is 0.124. The standard InChI is InChI=1S/C14H17N3O3S/c1-14(5-4-10(18)15-13(14)20)17-6-8-9(11(17)19)7-21-12(8)16(2)3/h7H,4-6H2,1-3H3,(H,15,18,20)/t14-/m0/s1. The fraction of sp³-hybridized carbons (Fsp3) is 0.500. The molecule has 1 aromatic heterocycles. The number of thiophene rings is 1. The van der Waals surface area contributed by atoms with Gasteiger partial charge < -0.3 is 9.80 Å². The van der Waals surface area contributed by atoms with E-state index in [1.165, 1.54) is 11.3 Å². The van der Waals surface area contributed by atoms with Crippen LogP contribution in [0.5, 0.6) is 0 Å². The van der Waals surface area contributed by atoms with Crippen LogP contribution in [0.4, 0.5) is 5.00 Å².